The Morgan fingerprint density at radius 1 is 1.35 bits per heavy atom. The molecule has 0 aliphatic heterocycles. The van der Waals surface area contributed by atoms with Crippen molar-refractivity contribution in [3.05, 3.63) is 29.3 Å². The topological polar surface area (TPSA) is 61.8 Å². The zero-order valence-corrected chi connectivity index (χ0v) is 11.0. The molecule has 0 radical (unpaired) electrons. The van der Waals surface area contributed by atoms with Gasteiger partial charge in [0.05, 0.1) is 0 Å². The average Bonchev–Trinajstić information content (AvgIpc) is 2.28. The minimum atomic E-state index is -3.39. The van der Waals surface area contributed by atoms with Crippen LogP contribution in [0, 0.1) is 0 Å². The molecule has 0 fully saturated rings. The first kappa shape index (κ1) is 14.2. The van der Waals surface area contributed by atoms with Gasteiger partial charge in [-0.2, -0.15) is 0 Å². The summed E-state index contributed by atoms with van der Waals surface area (Å²) in [6, 6.07) is 6.32. The molecule has 0 amide bonds. The van der Waals surface area contributed by atoms with E-state index in [9.17, 15) is 9.36 Å². The Bertz CT molecular complexity index is 440. The molecule has 7 heteroatoms. The van der Waals surface area contributed by atoms with Crippen LogP contribution in [0.25, 0.3) is 0 Å². The van der Waals surface area contributed by atoms with Gasteiger partial charge in [-0.3, -0.25) is 9.36 Å². The third-order valence-corrected chi connectivity index (χ3v) is 3.90. The summed E-state index contributed by atoms with van der Waals surface area (Å²) in [5.41, 5.74) is 0. The van der Waals surface area contributed by atoms with E-state index in [2.05, 4.69) is 9.05 Å². The fourth-order valence-electron chi connectivity index (χ4n) is 1.06. The van der Waals surface area contributed by atoms with Crippen molar-refractivity contribution in [1.82, 2.24) is 0 Å². The molecular formula is C10H12ClO5P. The molecule has 0 saturated carbocycles. The molecule has 0 aliphatic rings. The SMILES string of the molecule is COP(=O)(CC(=O)Oc1cccc(Cl)c1)OC. The predicted octanol–water partition coefficient (Wildman–Crippen LogP) is 2.73. The Hall–Kier alpha value is -0.870. The summed E-state index contributed by atoms with van der Waals surface area (Å²) < 4.78 is 25.8. The molecule has 0 heterocycles. The summed E-state index contributed by atoms with van der Waals surface area (Å²) in [5.74, 6) is -0.430. The van der Waals surface area contributed by atoms with Crippen LogP contribution in [0.3, 0.4) is 0 Å². The second-order valence-electron chi connectivity index (χ2n) is 3.07. The van der Waals surface area contributed by atoms with Crippen LogP contribution in [-0.4, -0.2) is 26.4 Å². The molecule has 17 heavy (non-hydrogen) atoms. The third-order valence-electron chi connectivity index (χ3n) is 1.91. The summed E-state index contributed by atoms with van der Waals surface area (Å²) in [5, 5.41) is 0.442. The Balaban J connectivity index is 2.64. The molecule has 1 aromatic carbocycles. The lowest BCUT2D eigenvalue weighted by molar-refractivity contribution is -0.131. The molecule has 1 aromatic rings. The van der Waals surface area contributed by atoms with Gasteiger partial charge in [0.15, 0.2) is 0 Å². The number of halogens is 1. The maximum absolute atomic E-state index is 11.6. The van der Waals surface area contributed by atoms with Gasteiger partial charge in [0.2, 0.25) is 0 Å². The van der Waals surface area contributed by atoms with Crippen molar-refractivity contribution < 1.29 is 23.1 Å². The van der Waals surface area contributed by atoms with Gasteiger partial charge in [-0.05, 0) is 18.2 Å². The zero-order valence-electron chi connectivity index (χ0n) is 9.38. The van der Waals surface area contributed by atoms with Crippen molar-refractivity contribution in [2.24, 2.45) is 0 Å². The van der Waals surface area contributed by atoms with Crippen LogP contribution in [0.4, 0.5) is 0 Å². The van der Waals surface area contributed by atoms with E-state index < -0.39 is 19.7 Å². The fraction of sp³-hybridized carbons (Fsp3) is 0.300. The first-order valence-corrected chi connectivity index (χ1v) is 6.76. The second-order valence-corrected chi connectivity index (χ2v) is 5.77. The number of hydrogen-bond acceptors (Lipinski definition) is 5. The van der Waals surface area contributed by atoms with E-state index in [1.54, 1.807) is 18.2 Å². The average molecular weight is 279 g/mol. The summed E-state index contributed by atoms with van der Waals surface area (Å²) in [7, 11) is -0.983. The van der Waals surface area contributed by atoms with Crippen molar-refractivity contribution in [3.8, 4) is 5.75 Å². The molecule has 0 unspecified atom stereocenters. The zero-order chi connectivity index (χ0) is 12.9. The minimum Gasteiger partial charge on any atom is -0.426 e. The van der Waals surface area contributed by atoms with E-state index in [0.29, 0.717) is 5.02 Å². The normalized spacial score (nSPS) is 11.2. The number of ether oxygens (including phenoxy) is 1. The van der Waals surface area contributed by atoms with E-state index in [1.807, 2.05) is 0 Å². The minimum absolute atomic E-state index is 0.279. The van der Waals surface area contributed by atoms with Gasteiger partial charge in [-0.1, -0.05) is 17.7 Å². The van der Waals surface area contributed by atoms with Crippen molar-refractivity contribution in [3.63, 3.8) is 0 Å². The quantitative estimate of drug-likeness (QED) is 0.471. The van der Waals surface area contributed by atoms with Crippen LogP contribution >= 0.6 is 19.2 Å². The first-order valence-electron chi connectivity index (χ1n) is 4.66. The fourth-order valence-corrected chi connectivity index (χ4v) is 2.02. The molecule has 0 atom stereocenters. The highest BCUT2D eigenvalue weighted by molar-refractivity contribution is 7.54. The molecule has 5 nitrogen and oxygen atoms in total. The van der Waals surface area contributed by atoms with Crippen LogP contribution in [-0.2, 0) is 18.4 Å². The summed E-state index contributed by atoms with van der Waals surface area (Å²) in [6.45, 7) is 0. The van der Waals surface area contributed by atoms with Crippen LogP contribution < -0.4 is 4.74 Å². The van der Waals surface area contributed by atoms with Gasteiger partial charge < -0.3 is 13.8 Å². The number of esters is 1. The number of carbonyl (C=O) groups is 1. The van der Waals surface area contributed by atoms with Crippen LogP contribution in [0.15, 0.2) is 24.3 Å². The second kappa shape index (κ2) is 6.17. The summed E-state index contributed by atoms with van der Waals surface area (Å²) >= 11 is 5.72. The van der Waals surface area contributed by atoms with Crippen LogP contribution in [0.1, 0.15) is 0 Å². The summed E-state index contributed by atoms with van der Waals surface area (Å²) in [6.07, 6.45) is -0.452. The number of hydrogen-bond donors (Lipinski definition) is 0. The third kappa shape index (κ3) is 4.48. The molecule has 0 saturated heterocycles. The van der Waals surface area contributed by atoms with Gasteiger partial charge >= 0.3 is 13.6 Å². The highest BCUT2D eigenvalue weighted by atomic mass is 35.5. The molecule has 0 aliphatic carbocycles. The number of rotatable bonds is 5. The van der Waals surface area contributed by atoms with Gasteiger partial charge in [0.25, 0.3) is 0 Å². The Kier molecular flexibility index (Phi) is 5.15. The first-order chi connectivity index (χ1) is 7.99. The summed E-state index contributed by atoms with van der Waals surface area (Å²) in [4.78, 5) is 11.5. The van der Waals surface area contributed by atoms with Gasteiger partial charge in [-0.25, -0.2) is 0 Å². The van der Waals surface area contributed by atoms with E-state index in [0.717, 1.165) is 0 Å². The molecule has 0 spiro atoms. The van der Waals surface area contributed by atoms with Gasteiger partial charge in [0.1, 0.15) is 11.9 Å². The van der Waals surface area contributed by atoms with E-state index >= 15 is 0 Å². The smallest absolute Gasteiger partial charge is 0.341 e. The van der Waals surface area contributed by atoms with E-state index in [1.165, 1.54) is 20.3 Å². The Morgan fingerprint density at radius 2 is 2.00 bits per heavy atom. The Labute approximate surface area is 104 Å². The lowest BCUT2D eigenvalue weighted by atomic mass is 10.3. The molecular weight excluding hydrogens is 267 g/mol. The predicted molar refractivity (Wildman–Crippen MR) is 63.6 cm³/mol. The van der Waals surface area contributed by atoms with E-state index in [4.69, 9.17) is 16.3 Å². The Morgan fingerprint density at radius 3 is 2.53 bits per heavy atom. The van der Waals surface area contributed by atoms with Gasteiger partial charge in [0, 0.05) is 19.2 Å². The highest BCUT2D eigenvalue weighted by Crippen LogP contribution is 2.46. The largest absolute Gasteiger partial charge is 0.426 e. The van der Waals surface area contributed by atoms with Crippen molar-refractivity contribution in [2.75, 3.05) is 20.4 Å². The maximum Gasteiger partial charge on any atom is 0.341 e. The van der Waals surface area contributed by atoms with E-state index in [-0.39, 0.29) is 5.75 Å². The van der Waals surface area contributed by atoms with Gasteiger partial charge in [-0.15, -0.1) is 0 Å². The molecule has 0 bridgehead atoms. The molecule has 0 aromatic heterocycles. The highest BCUT2D eigenvalue weighted by Gasteiger charge is 2.26. The van der Waals surface area contributed by atoms with Crippen LogP contribution in [0.5, 0.6) is 5.75 Å². The van der Waals surface area contributed by atoms with Crippen molar-refractivity contribution >= 4 is 25.2 Å². The molecule has 0 N–H and O–H groups in total. The number of carbonyl (C=O) groups excluding carboxylic acids is 1. The lowest BCUT2D eigenvalue weighted by Crippen LogP contribution is -2.14. The lowest BCUT2D eigenvalue weighted by Gasteiger charge is -2.12. The molecule has 1 rings (SSSR count). The molecule has 94 valence electrons. The standard InChI is InChI=1S/C10H12ClO5P/c1-14-17(13,15-2)7-10(12)16-9-5-3-4-8(11)6-9/h3-6H,7H2,1-2H3. The number of benzene rings is 1. The maximum atomic E-state index is 11.6. The van der Waals surface area contributed by atoms with Crippen molar-refractivity contribution in [2.45, 2.75) is 0 Å². The monoisotopic (exact) mass is 278 g/mol. The van der Waals surface area contributed by atoms with Crippen molar-refractivity contribution in [1.29, 1.82) is 0 Å². The van der Waals surface area contributed by atoms with Crippen LogP contribution in [0.2, 0.25) is 5.02 Å².